The van der Waals surface area contributed by atoms with Crippen LogP contribution < -0.4 is 5.73 Å². The van der Waals surface area contributed by atoms with Gasteiger partial charge in [-0.05, 0) is 12.8 Å². The fourth-order valence-electron chi connectivity index (χ4n) is 1.15. The Kier molecular flexibility index (Phi) is 2.47. The van der Waals surface area contributed by atoms with Crippen LogP contribution in [0.4, 0.5) is 0 Å². The van der Waals surface area contributed by atoms with Crippen molar-refractivity contribution in [2.24, 2.45) is 5.73 Å². The van der Waals surface area contributed by atoms with Gasteiger partial charge in [0, 0.05) is 5.69 Å². The van der Waals surface area contributed by atoms with E-state index in [0.29, 0.717) is 0 Å². The van der Waals surface area contributed by atoms with Gasteiger partial charge in [-0.1, -0.05) is 13.8 Å². The summed E-state index contributed by atoms with van der Waals surface area (Å²) in [6.45, 7) is 4.01. The molecule has 4 nitrogen and oxygen atoms in total. The number of nitrogens with one attached hydrogen (secondary N) is 1. The number of hydrogen-bond acceptors (Lipinski definition) is 2. The maximum absolute atomic E-state index is 10.7. The Labute approximate surface area is 71.2 Å². The highest BCUT2D eigenvalue weighted by Gasteiger charge is 2.09. The predicted octanol–water partition coefficient (Wildman–Crippen LogP) is 0.633. The molecule has 0 saturated carbocycles. The summed E-state index contributed by atoms with van der Waals surface area (Å²) in [7, 11) is 0. The summed E-state index contributed by atoms with van der Waals surface area (Å²) in [6, 6.07) is 0. The molecule has 0 saturated heterocycles. The first-order chi connectivity index (χ1) is 5.69. The molecule has 1 rings (SSSR count). The van der Waals surface area contributed by atoms with Crippen molar-refractivity contribution in [1.82, 2.24) is 9.97 Å². The van der Waals surface area contributed by atoms with Gasteiger partial charge in [-0.3, -0.25) is 4.79 Å². The fourth-order valence-corrected chi connectivity index (χ4v) is 1.15. The second kappa shape index (κ2) is 3.38. The van der Waals surface area contributed by atoms with Gasteiger partial charge in [-0.2, -0.15) is 0 Å². The van der Waals surface area contributed by atoms with E-state index in [1.54, 1.807) is 0 Å². The van der Waals surface area contributed by atoms with Gasteiger partial charge in [0.05, 0.1) is 5.69 Å². The number of carbonyl (C=O) groups excluding carboxylic acids is 1. The molecule has 0 spiro atoms. The van der Waals surface area contributed by atoms with Crippen LogP contribution in [-0.4, -0.2) is 15.9 Å². The summed E-state index contributed by atoms with van der Waals surface area (Å²) in [5, 5.41) is 0. The normalized spacial score (nSPS) is 10.2. The number of imidazole rings is 1. The Bertz CT molecular complexity index is 269. The number of hydrogen-bond donors (Lipinski definition) is 2. The molecule has 66 valence electrons. The molecule has 3 N–H and O–H groups in total. The first kappa shape index (κ1) is 8.77. The Balaban J connectivity index is 3.05. The smallest absolute Gasteiger partial charge is 0.284 e. The van der Waals surface area contributed by atoms with Gasteiger partial charge in [-0.25, -0.2) is 4.98 Å². The van der Waals surface area contributed by atoms with E-state index in [1.807, 2.05) is 13.8 Å². The summed E-state index contributed by atoms with van der Waals surface area (Å²) >= 11 is 0. The molecule has 0 unspecified atom stereocenters. The van der Waals surface area contributed by atoms with E-state index in [1.165, 1.54) is 0 Å². The number of amides is 1. The van der Waals surface area contributed by atoms with Crippen molar-refractivity contribution in [2.75, 3.05) is 0 Å². The lowest BCUT2D eigenvalue weighted by atomic mass is 10.2. The molecular formula is C8H13N3O. The highest BCUT2D eigenvalue weighted by Crippen LogP contribution is 2.07. The van der Waals surface area contributed by atoms with Crippen molar-refractivity contribution < 1.29 is 4.79 Å². The number of aromatic amines is 1. The molecule has 0 aliphatic heterocycles. The fraction of sp³-hybridized carbons (Fsp3) is 0.500. The van der Waals surface area contributed by atoms with Gasteiger partial charge in [0.1, 0.15) is 0 Å². The number of nitrogens with zero attached hydrogens (tertiary/aromatic N) is 1. The zero-order valence-corrected chi connectivity index (χ0v) is 7.35. The van der Waals surface area contributed by atoms with Crippen molar-refractivity contribution in [2.45, 2.75) is 26.7 Å². The van der Waals surface area contributed by atoms with Crippen LogP contribution in [0.2, 0.25) is 0 Å². The Morgan fingerprint density at radius 2 is 2.17 bits per heavy atom. The van der Waals surface area contributed by atoms with Crippen LogP contribution in [-0.2, 0) is 12.8 Å². The molecule has 1 aromatic heterocycles. The lowest BCUT2D eigenvalue weighted by Gasteiger charge is -1.91. The number of aryl methyl sites for hydroxylation is 2. The van der Waals surface area contributed by atoms with Crippen molar-refractivity contribution in [3.8, 4) is 0 Å². The average molecular weight is 167 g/mol. The number of aromatic nitrogens is 2. The zero-order valence-electron chi connectivity index (χ0n) is 7.35. The van der Waals surface area contributed by atoms with Crippen LogP contribution in [0, 0.1) is 0 Å². The maximum atomic E-state index is 10.7. The average Bonchev–Trinajstić information content (AvgIpc) is 2.46. The first-order valence-corrected chi connectivity index (χ1v) is 4.06. The van der Waals surface area contributed by atoms with Crippen LogP contribution in [0.5, 0.6) is 0 Å². The maximum Gasteiger partial charge on any atom is 0.284 e. The summed E-state index contributed by atoms with van der Waals surface area (Å²) in [4.78, 5) is 17.7. The largest absolute Gasteiger partial charge is 0.363 e. The second-order valence-electron chi connectivity index (χ2n) is 2.58. The van der Waals surface area contributed by atoms with Crippen LogP contribution in [0.25, 0.3) is 0 Å². The number of rotatable bonds is 3. The summed E-state index contributed by atoms with van der Waals surface area (Å²) in [5.41, 5.74) is 7.01. The monoisotopic (exact) mass is 167 g/mol. The van der Waals surface area contributed by atoms with Gasteiger partial charge in [-0.15, -0.1) is 0 Å². The number of nitrogens with two attached hydrogens (primary N) is 1. The number of carbonyl (C=O) groups is 1. The molecule has 1 heterocycles. The molecule has 1 aromatic rings. The van der Waals surface area contributed by atoms with E-state index >= 15 is 0 Å². The summed E-state index contributed by atoms with van der Waals surface area (Å²) < 4.78 is 0. The molecular weight excluding hydrogens is 154 g/mol. The third kappa shape index (κ3) is 1.47. The summed E-state index contributed by atoms with van der Waals surface area (Å²) in [6.07, 6.45) is 1.68. The van der Waals surface area contributed by atoms with Gasteiger partial charge in [0.2, 0.25) is 0 Å². The minimum Gasteiger partial charge on any atom is -0.363 e. The standard InChI is InChI=1S/C8H13N3O/c1-3-5-6(4-2)11-8(10-5)7(9)12/h3-4H2,1-2H3,(H2,9,12)(H,10,11). The molecule has 0 aromatic carbocycles. The van der Waals surface area contributed by atoms with E-state index < -0.39 is 5.91 Å². The second-order valence-corrected chi connectivity index (χ2v) is 2.58. The van der Waals surface area contributed by atoms with Crippen molar-refractivity contribution >= 4 is 5.91 Å². The molecule has 4 heteroatoms. The van der Waals surface area contributed by atoms with Crippen molar-refractivity contribution in [1.29, 1.82) is 0 Å². The predicted molar refractivity (Wildman–Crippen MR) is 45.9 cm³/mol. The number of primary amides is 1. The van der Waals surface area contributed by atoms with E-state index in [4.69, 9.17) is 5.73 Å². The Hall–Kier alpha value is -1.32. The molecule has 0 aliphatic rings. The van der Waals surface area contributed by atoms with Gasteiger partial charge < -0.3 is 10.7 Å². The molecule has 0 bridgehead atoms. The van der Waals surface area contributed by atoms with Gasteiger partial charge >= 0.3 is 0 Å². The van der Waals surface area contributed by atoms with Crippen molar-refractivity contribution in [3.63, 3.8) is 0 Å². The Morgan fingerprint density at radius 3 is 2.50 bits per heavy atom. The van der Waals surface area contributed by atoms with E-state index in [2.05, 4.69) is 9.97 Å². The van der Waals surface area contributed by atoms with Crippen molar-refractivity contribution in [3.05, 3.63) is 17.2 Å². The lowest BCUT2D eigenvalue weighted by Crippen LogP contribution is -2.12. The summed E-state index contributed by atoms with van der Waals surface area (Å²) in [5.74, 6) is -0.229. The molecule has 0 radical (unpaired) electrons. The minimum absolute atomic E-state index is 0.267. The Morgan fingerprint density at radius 1 is 1.50 bits per heavy atom. The quantitative estimate of drug-likeness (QED) is 0.693. The van der Waals surface area contributed by atoms with E-state index in [-0.39, 0.29) is 5.82 Å². The van der Waals surface area contributed by atoms with Gasteiger partial charge in [0.25, 0.3) is 5.91 Å². The van der Waals surface area contributed by atoms with Gasteiger partial charge in [0.15, 0.2) is 5.82 Å². The van der Waals surface area contributed by atoms with Crippen LogP contribution in [0.1, 0.15) is 35.9 Å². The minimum atomic E-state index is -0.496. The molecule has 0 atom stereocenters. The molecule has 12 heavy (non-hydrogen) atoms. The highest BCUT2D eigenvalue weighted by molar-refractivity contribution is 5.89. The SMILES string of the molecule is CCc1nc(C(N)=O)[nH]c1CC. The third-order valence-corrected chi connectivity index (χ3v) is 1.79. The first-order valence-electron chi connectivity index (χ1n) is 4.06. The van der Waals surface area contributed by atoms with Crippen LogP contribution in [0.3, 0.4) is 0 Å². The molecule has 1 amide bonds. The molecule has 0 fully saturated rings. The highest BCUT2D eigenvalue weighted by atomic mass is 16.1. The van der Waals surface area contributed by atoms with E-state index in [0.717, 1.165) is 24.2 Å². The molecule has 0 aliphatic carbocycles. The third-order valence-electron chi connectivity index (χ3n) is 1.79. The lowest BCUT2D eigenvalue weighted by molar-refractivity contribution is 0.0991. The van der Waals surface area contributed by atoms with Crippen LogP contribution >= 0.6 is 0 Å². The number of H-pyrrole nitrogens is 1. The van der Waals surface area contributed by atoms with Crippen LogP contribution in [0.15, 0.2) is 0 Å². The topological polar surface area (TPSA) is 71.8 Å². The zero-order chi connectivity index (χ0) is 9.14. The van der Waals surface area contributed by atoms with E-state index in [9.17, 15) is 4.79 Å².